The number of hydrogen-bond acceptors (Lipinski definition) is 3. The summed E-state index contributed by atoms with van der Waals surface area (Å²) in [5.41, 5.74) is 1.95. The quantitative estimate of drug-likeness (QED) is 0.794. The SMILES string of the molecule is CCc1coc(=O)n1C(=O)c1ccccc1C. The molecule has 0 aliphatic rings. The summed E-state index contributed by atoms with van der Waals surface area (Å²) in [5, 5.41) is 0. The van der Waals surface area contributed by atoms with Crippen LogP contribution in [0.1, 0.15) is 28.5 Å². The van der Waals surface area contributed by atoms with Crippen molar-refractivity contribution in [2.75, 3.05) is 0 Å². The van der Waals surface area contributed by atoms with E-state index in [0.717, 1.165) is 10.1 Å². The van der Waals surface area contributed by atoms with Gasteiger partial charge in [0.15, 0.2) is 0 Å². The lowest BCUT2D eigenvalue weighted by Crippen LogP contribution is -2.25. The van der Waals surface area contributed by atoms with Crippen molar-refractivity contribution in [3.63, 3.8) is 0 Å². The minimum Gasteiger partial charge on any atom is -0.416 e. The average Bonchev–Trinajstić information content (AvgIpc) is 2.70. The van der Waals surface area contributed by atoms with Crippen molar-refractivity contribution in [3.05, 3.63) is 57.9 Å². The third-order valence-corrected chi connectivity index (χ3v) is 2.71. The Morgan fingerprint density at radius 3 is 2.71 bits per heavy atom. The van der Waals surface area contributed by atoms with E-state index in [1.54, 1.807) is 12.1 Å². The summed E-state index contributed by atoms with van der Waals surface area (Å²) in [6, 6.07) is 7.17. The first-order chi connectivity index (χ1) is 8.15. The van der Waals surface area contributed by atoms with E-state index >= 15 is 0 Å². The van der Waals surface area contributed by atoms with Crippen molar-refractivity contribution in [3.8, 4) is 0 Å². The topological polar surface area (TPSA) is 52.2 Å². The van der Waals surface area contributed by atoms with Crippen molar-refractivity contribution in [1.82, 2.24) is 4.57 Å². The first kappa shape index (κ1) is 11.4. The molecule has 1 heterocycles. The molecule has 0 saturated carbocycles. The minimum absolute atomic E-state index is 0.335. The summed E-state index contributed by atoms with van der Waals surface area (Å²) in [6.07, 6.45) is 1.90. The van der Waals surface area contributed by atoms with E-state index < -0.39 is 5.76 Å². The van der Waals surface area contributed by atoms with E-state index in [2.05, 4.69) is 0 Å². The molecular weight excluding hydrogens is 218 g/mol. The number of hydrogen-bond donors (Lipinski definition) is 0. The fourth-order valence-corrected chi connectivity index (χ4v) is 1.73. The lowest BCUT2D eigenvalue weighted by Gasteiger charge is -2.05. The Morgan fingerprint density at radius 2 is 2.06 bits per heavy atom. The number of carbonyl (C=O) groups is 1. The Bertz CT molecular complexity index is 607. The van der Waals surface area contributed by atoms with Gasteiger partial charge in [-0.15, -0.1) is 0 Å². The summed E-state index contributed by atoms with van der Waals surface area (Å²) >= 11 is 0. The van der Waals surface area contributed by atoms with Crippen LogP contribution < -0.4 is 5.76 Å². The zero-order valence-electron chi connectivity index (χ0n) is 9.77. The van der Waals surface area contributed by atoms with E-state index in [1.165, 1.54) is 6.26 Å². The van der Waals surface area contributed by atoms with E-state index in [0.29, 0.717) is 17.7 Å². The number of aryl methyl sites for hydroxylation is 2. The fourth-order valence-electron chi connectivity index (χ4n) is 1.73. The highest BCUT2D eigenvalue weighted by atomic mass is 16.4. The molecule has 0 aliphatic carbocycles. The van der Waals surface area contributed by atoms with Crippen LogP contribution in [0, 0.1) is 6.92 Å². The summed E-state index contributed by atoms with van der Waals surface area (Å²) < 4.78 is 5.84. The van der Waals surface area contributed by atoms with Crippen LogP contribution in [0.25, 0.3) is 0 Å². The number of benzene rings is 1. The Labute approximate surface area is 98.5 Å². The maximum atomic E-state index is 12.2. The molecule has 0 bridgehead atoms. The molecule has 17 heavy (non-hydrogen) atoms. The predicted octanol–water partition coefficient (Wildman–Crippen LogP) is 2.00. The van der Waals surface area contributed by atoms with Gasteiger partial charge < -0.3 is 4.42 Å². The van der Waals surface area contributed by atoms with Crippen molar-refractivity contribution in [1.29, 1.82) is 0 Å². The van der Waals surface area contributed by atoms with Crippen LogP contribution in [-0.4, -0.2) is 10.5 Å². The minimum atomic E-state index is -0.630. The summed E-state index contributed by atoms with van der Waals surface area (Å²) in [7, 11) is 0. The smallest absolute Gasteiger partial charge is 0.416 e. The molecule has 0 amide bonds. The molecule has 0 atom stereocenters. The summed E-state index contributed by atoms with van der Waals surface area (Å²) in [5.74, 6) is -0.964. The molecule has 2 aromatic rings. The van der Waals surface area contributed by atoms with Gasteiger partial charge in [-0.1, -0.05) is 25.1 Å². The van der Waals surface area contributed by atoms with Crippen molar-refractivity contribution in [2.45, 2.75) is 20.3 Å². The van der Waals surface area contributed by atoms with E-state index in [9.17, 15) is 9.59 Å². The standard InChI is InChI=1S/C13H13NO3/c1-3-10-8-17-13(16)14(10)12(15)11-7-5-4-6-9(11)2/h4-8H,3H2,1-2H3. The third-order valence-electron chi connectivity index (χ3n) is 2.71. The van der Waals surface area contributed by atoms with E-state index in [1.807, 2.05) is 26.0 Å². The first-order valence-electron chi connectivity index (χ1n) is 5.45. The second kappa shape index (κ2) is 4.41. The highest BCUT2D eigenvalue weighted by Gasteiger charge is 2.17. The van der Waals surface area contributed by atoms with Crippen LogP contribution in [0.4, 0.5) is 0 Å². The molecule has 0 aliphatic heterocycles. The lowest BCUT2D eigenvalue weighted by molar-refractivity contribution is 0.0948. The van der Waals surface area contributed by atoms with Gasteiger partial charge in [0, 0.05) is 5.56 Å². The number of nitrogens with zero attached hydrogens (tertiary/aromatic N) is 1. The molecular formula is C13H13NO3. The average molecular weight is 231 g/mol. The maximum absolute atomic E-state index is 12.2. The molecule has 0 unspecified atom stereocenters. The maximum Gasteiger partial charge on any atom is 0.426 e. The van der Waals surface area contributed by atoms with Gasteiger partial charge in [0.25, 0.3) is 5.91 Å². The van der Waals surface area contributed by atoms with Gasteiger partial charge in [-0.05, 0) is 25.0 Å². The zero-order valence-corrected chi connectivity index (χ0v) is 9.77. The Kier molecular flexibility index (Phi) is 2.95. The molecule has 0 spiro atoms. The van der Waals surface area contributed by atoms with Crippen LogP contribution >= 0.6 is 0 Å². The summed E-state index contributed by atoms with van der Waals surface area (Å²) in [6.45, 7) is 3.70. The second-order valence-corrected chi connectivity index (χ2v) is 3.80. The van der Waals surface area contributed by atoms with Gasteiger partial charge in [-0.25, -0.2) is 9.36 Å². The largest absolute Gasteiger partial charge is 0.426 e. The van der Waals surface area contributed by atoms with Crippen LogP contribution in [0.5, 0.6) is 0 Å². The molecule has 0 fully saturated rings. The molecule has 88 valence electrons. The van der Waals surface area contributed by atoms with E-state index in [4.69, 9.17) is 4.42 Å². The van der Waals surface area contributed by atoms with Crippen molar-refractivity contribution in [2.24, 2.45) is 0 Å². The van der Waals surface area contributed by atoms with Crippen molar-refractivity contribution >= 4 is 5.91 Å². The molecule has 0 N–H and O–H groups in total. The molecule has 4 heteroatoms. The normalized spacial score (nSPS) is 10.5. The van der Waals surface area contributed by atoms with Crippen LogP contribution in [-0.2, 0) is 6.42 Å². The van der Waals surface area contributed by atoms with Gasteiger partial charge in [0.1, 0.15) is 6.26 Å². The van der Waals surface area contributed by atoms with Crippen LogP contribution in [0.3, 0.4) is 0 Å². The number of oxazole rings is 1. The predicted molar refractivity (Wildman–Crippen MR) is 63.3 cm³/mol. The monoisotopic (exact) mass is 231 g/mol. The Morgan fingerprint density at radius 1 is 1.35 bits per heavy atom. The molecule has 4 nitrogen and oxygen atoms in total. The molecule has 1 aromatic carbocycles. The zero-order chi connectivity index (χ0) is 12.4. The second-order valence-electron chi connectivity index (χ2n) is 3.80. The molecule has 0 saturated heterocycles. The highest BCUT2D eigenvalue weighted by molar-refractivity contribution is 5.97. The van der Waals surface area contributed by atoms with Gasteiger partial charge in [-0.3, -0.25) is 4.79 Å². The third kappa shape index (κ3) is 1.93. The lowest BCUT2D eigenvalue weighted by atomic mass is 10.1. The van der Waals surface area contributed by atoms with Gasteiger partial charge in [0.2, 0.25) is 0 Å². The van der Waals surface area contributed by atoms with E-state index in [-0.39, 0.29) is 5.91 Å². The fraction of sp³-hybridized carbons (Fsp3) is 0.231. The van der Waals surface area contributed by atoms with Crippen LogP contribution in [0.2, 0.25) is 0 Å². The van der Waals surface area contributed by atoms with Gasteiger partial charge in [0.05, 0.1) is 5.69 Å². The Balaban J connectivity index is 2.55. The summed E-state index contributed by atoms with van der Waals surface area (Å²) in [4.78, 5) is 23.7. The first-order valence-corrected chi connectivity index (χ1v) is 5.45. The Hall–Kier alpha value is -2.10. The molecule has 1 aromatic heterocycles. The van der Waals surface area contributed by atoms with Gasteiger partial charge in [-0.2, -0.15) is 0 Å². The molecule has 0 radical (unpaired) electrons. The van der Waals surface area contributed by atoms with Gasteiger partial charge >= 0.3 is 5.76 Å². The van der Waals surface area contributed by atoms with Crippen LogP contribution in [0.15, 0.2) is 39.7 Å². The number of aromatic nitrogens is 1. The number of carbonyl (C=O) groups excluding carboxylic acids is 1. The number of rotatable bonds is 2. The highest BCUT2D eigenvalue weighted by Crippen LogP contribution is 2.10. The molecule has 2 rings (SSSR count). The van der Waals surface area contributed by atoms with Crippen molar-refractivity contribution < 1.29 is 9.21 Å².